The van der Waals surface area contributed by atoms with Gasteiger partial charge in [-0.1, -0.05) is 30.3 Å². The molecule has 5 heteroatoms. The molecule has 2 N–H and O–H groups in total. The Morgan fingerprint density at radius 2 is 2.05 bits per heavy atom. The molecule has 0 amide bonds. The van der Waals surface area contributed by atoms with Crippen molar-refractivity contribution in [3.63, 3.8) is 0 Å². The molecule has 1 aromatic carbocycles. The molecule has 0 radical (unpaired) electrons. The van der Waals surface area contributed by atoms with Gasteiger partial charge in [-0.25, -0.2) is 9.97 Å². The molecule has 1 fully saturated rings. The maximum atomic E-state index is 5.99. The van der Waals surface area contributed by atoms with E-state index in [1.807, 2.05) is 0 Å². The predicted molar refractivity (Wildman–Crippen MR) is 85.0 cm³/mol. The molecular weight excluding hydrogens is 262 g/mol. The van der Waals surface area contributed by atoms with Crippen LogP contribution in [0, 0.1) is 0 Å². The average molecular weight is 283 g/mol. The Bertz CT molecular complexity index is 586. The van der Waals surface area contributed by atoms with Gasteiger partial charge in [-0.15, -0.1) is 0 Å². The third kappa shape index (κ3) is 3.13. The van der Waals surface area contributed by atoms with Crippen molar-refractivity contribution in [2.24, 2.45) is 0 Å². The van der Waals surface area contributed by atoms with E-state index in [-0.39, 0.29) is 0 Å². The highest BCUT2D eigenvalue weighted by atomic mass is 15.3. The molecule has 2 aromatic rings. The molecule has 1 unspecified atom stereocenters. The van der Waals surface area contributed by atoms with Gasteiger partial charge in [0.2, 0.25) is 0 Å². The minimum absolute atomic E-state index is 0.389. The van der Waals surface area contributed by atoms with E-state index in [0.717, 1.165) is 32.0 Å². The van der Waals surface area contributed by atoms with Gasteiger partial charge in [0.15, 0.2) is 5.82 Å². The Morgan fingerprint density at radius 3 is 2.76 bits per heavy atom. The first-order valence-corrected chi connectivity index (χ1v) is 7.32. The quantitative estimate of drug-likeness (QED) is 0.930. The first kappa shape index (κ1) is 13.8. The van der Waals surface area contributed by atoms with Gasteiger partial charge in [0.25, 0.3) is 0 Å². The highest BCUT2D eigenvalue weighted by Crippen LogP contribution is 2.23. The monoisotopic (exact) mass is 283 g/mol. The van der Waals surface area contributed by atoms with Crippen molar-refractivity contribution in [3.8, 4) is 0 Å². The van der Waals surface area contributed by atoms with Crippen molar-refractivity contribution >= 4 is 11.5 Å². The van der Waals surface area contributed by atoms with Crippen LogP contribution >= 0.6 is 0 Å². The van der Waals surface area contributed by atoms with Crippen molar-refractivity contribution in [1.29, 1.82) is 0 Å². The molecule has 1 aromatic heterocycles. The topological polar surface area (TPSA) is 58.3 Å². The number of nitrogens with zero attached hydrogens (tertiary/aromatic N) is 4. The summed E-state index contributed by atoms with van der Waals surface area (Å²) in [7, 11) is 0. The Hall–Kier alpha value is -2.14. The lowest BCUT2D eigenvalue weighted by atomic mass is 10.1. The molecule has 0 saturated carbocycles. The molecule has 1 aliphatic rings. The second-order valence-electron chi connectivity index (χ2n) is 5.56. The van der Waals surface area contributed by atoms with E-state index < -0.39 is 0 Å². The number of piperazine rings is 1. The summed E-state index contributed by atoms with van der Waals surface area (Å²) in [6.07, 6.45) is 3.24. The molecule has 1 aliphatic heterocycles. The summed E-state index contributed by atoms with van der Waals surface area (Å²) in [5.74, 6) is 0.858. The Morgan fingerprint density at radius 1 is 1.24 bits per heavy atom. The number of aromatic nitrogens is 2. The zero-order valence-corrected chi connectivity index (χ0v) is 12.3. The Labute approximate surface area is 125 Å². The molecule has 0 spiro atoms. The first-order valence-electron chi connectivity index (χ1n) is 7.32. The molecule has 0 aliphatic carbocycles. The van der Waals surface area contributed by atoms with Gasteiger partial charge in [-0.3, -0.25) is 4.90 Å². The van der Waals surface area contributed by atoms with Gasteiger partial charge in [-0.2, -0.15) is 0 Å². The fourth-order valence-corrected chi connectivity index (χ4v) is 2.91. The van der Waals surface area contributed by atoms with Crippen molar-refractivity contribution in [2.75, 3.05) is 30.3 Å². The summed E-state index contributed by atoms with van der Waals surface area (Å²) >= 11 is 0. The second-order valence-corrected chi connectivity index (χ2v) is 5.56. The smallest absolute Gasteiger partial charge is 0.155 e. The van der Waals surface area contributed by atoms with E-state index in [1.165, 1.54) is 5.56 Å². The maximum absolute atomic E-state index is 5.99. The van der Waals surface area contributed by atoms with Crippen LogP contribution in [0.4, 0.5) is 11.5 Å². The average Bonchev–Trinajstić information content (AvgIpc) is 2.50. The van der Waals surface area contributed by atoms with E-state index in [0.29, 0.717) is 11.7 Å². The normalized spacial score (nSPS) is 19.7. The van der Waals surface area contributed by atoms with E-state index in [1.54, 1.807) is 12.5 Å². The van der Waals surface area contributed by atoms with E-state index in [9.17, 15) is 0 Å². The largest absolute Gasteiger partial charge is 0.394 e. The van der Waals surface area contributed by atoms with Crippen LogP contribution in [0.15, 0.2) is 42.9 Å². The zero-order chi connectivity index (χ0) is 14.7. The molecular formula is C16H21N5. The van der Waals surface area contributed by atoms with Crippen LogP contribution in [-0.2, 0) is 6.54 Å². The van der Waals surface area contributed by atoms with Crippen molar-refractivity contribution in [1.82, 2.24) is 14.9 Å². The first-order chi connectivity index (χ1) is 10.2. The molecule has 21 heavy (non-hydrogen) atoms. The van der Waals surface area contributed by atoms with Gasteiger partial charge in [0, 0.05) is 32.2 Å². The highest BCUT2D eigenvalue weighted by molar-refractivity contribution is 5.61. The van der Waals surface area contributed by atoms with Crippen molar-refractivity contribution in [3.05, 3.63) is 48.4 Å². The number of hydrogen-bond donors (Lipinski definition) is 1. The summed E-state index contributed by atoms with van der Waals surface area (Å²) in [5.41, 5.74) is 8.01. The van der Waals surface area contributed by atoms with Crippen molar-refractivity contribution in [2.45, 2.75) is 19.5 Å². The Balaban J connectivity index is 1.66. The zero-order valence-electron chi connectivity index (χ0n) is 12.3. The van der Waals surface area contributed by atoms with Crippen LogP contribution in [0.3, 0.4) is 0 Å². The van der Waals surface area contributed by atoms with Gasteiger partial charge in [0.05, 0.1) is 11.9 Å². The maximum Gasteiger partial charge on any atom is 0.155 e. The molecule has 2 heterocycles. The lowest BCUT2D eigenvalue weighted by Crippen LogP contribution is -2.52. The molecule has 5 nitrogen and oxygen atoms in total. The minimum atomic E-state index is 0.389. The number of hydrogen-bond acceptors (Lipinski definition) is 5. The lowest BCUT2D eigenvalue weighted by Gasteiger charge is -2.40. The SMILES string of the molecule is CC1CN(Cc2ccccc2)CCN1c1ncncc1N. The summed E-state index contributed by atoms with van der Waals surface area (Å²) in [6.45, 7) is 6.19. The van der Waals surface area contributed by atoms with Gasteiger partial charge < -0.3 is 10.6 Å². The van der Waals surface area contributed by atoms with Crippen LogP contribution < -0.4 is 10.6 Å². The highest BCUT2D eigenvalue weighted by Gasteiger charge is 2.25. The lowest BCUT2D eigenvalue weighted by molar-refractivity contribution is 0.220. The molecule has 1 saturated heterocycles. The van der Waals surface area contributed by atoms with Crippen molar-refractivity contribution < 1.29 is 0 Å². The molecule has 3 rings (SSSR count). The van der Waals surface area contributed by atoms with Crippen LogP contribution in [-0.4, -0.2) is 40.5 Å². The van der Waals surface area contributed by atoms with Crippen LogP contribution in [0.2, 0.25) is 0 Å². The summed E-state index contributed by atoms with van der Waals surface area (Å²) in [4.78, 5) is 13.1. The van der Waals surface area contributed by atoms with E-state index in [4.69, 9.17) is 5.73 Å². The fraction of sp³-hybridized carbons (Fsp3) is 0.375. The van der Waals surface area contributed by atoms with Crippen LogP contribution in [0.5, 0.6) is 0 Å². The number of nitrogen functional groups attached to an aromatic ring is 1. The van der Waals surface area contributed by atoms with Crippen LogP contribution in [0.1, 0.15) is 12.5 Å². The second kappa shape index (κ2) is 6.10. The molecule has 1 atom stereocenters. The molecule has 0 bridgehead atoms. The van der Waals surface area contributed by atoms with Gasteiger partial charge in [0.1, 0.15) is 6.33 Å². The van der Waals surface area contributed by atoms with Gasteiger partial charge in [-0.05, 0) is 12.5 Å². The van der Waals surface area contributed by atoms with Gasteiger partial charge >= 0.3 is 0 Å². The third-order valence-electron chi connectivity index (χ3n) is 3.95. The summed E-state index contributed by atoms with van der Waals surface area (Å²) in [6, 6.07) is 11.0. The Kier molecular flexibility index (Phi) is 4.01. The number of nitrogens with two attached hydrogens (primary N) is 1. The fourth-order valence-electron chi connectivity index (χ4n) is 2.91. The van der Waals surface area contributed by atoms with Crippen LogP contribution in [0.25, 0.3) is 0 Å². The predicted octanol–water partition coefficient (Wildman–Crippen LogP) is 1.77. The van der Waals surface area contributed by atoms with E-state index in [2.05, 4.69) is 57.0 Å². The third-order valence-corrected chi connectivity index (χ3v) is 3.95. The van der Waals surface area contributed by atoms with E-state index >= 15 is 0 Å². The summed E-state index contributed by atoms with van der Waals surface area (Å²) < 4.78 is 0. The summed E-state index contributed by atoms with van der Waals surface area (Å²) in [5, 5.41) is 0. The minimum Gasteiger partial charge on any atom is -0.394 e. The number of anilines is 2. The number of rotatable bonds is 3. The number of benzene rings is 1. The molecule has 110 valence electrons. The standard InChI is InChI=1S/C16H21N5/c1-13-10-20(11-14-5-3-2-4-6-14)7-8-21(13)16-15(17)9-18-12-19-16/h2-6,9,12-13H,7-8,10-11,17H2,1H3.